The normalized spacial score (nSPS) is 13.1. The van der Waals surface area contributed by atoms with Gasteiger partial charge in [0.25, 0.3) is 6.47 Å². The van der Waals surface area contributed by atoms with Gasteiger partial charge < -0.3 is 30.9 Å². The quantitative estimate of drug-likeness (QED) is 0.0870. The molecule has 23 heteroatoms. The van der Waals surface area contributed by atoms with Crippen LogP contribution < -0.4 is 153 Å². The van der Waals surface area contributed by atoms with Crippen LogP contribution in [0.4, 0.5) is 10.2 Å². The molecular formula is C42H50ClCs2FN16O3. The number of nitrogens with one attached hydrogen (secondary N) is 1. The Morgan fingerprint density at radius 2 is 1.14 bits per heavy atom. The predicted molar refractivity (Wildman–Crippen MR) is 235 cm³/mol. The van der Waals surface area contributed by atoms with E-state index in [1.807, 2.05) is 52.8 Å². The third-order valence-electron chi connectivity index (χ3n) is 10.2. The Morgan fingerprint density at radius 3 is 1.54 bits per heavy atom. The van der Waals surface area contributed by atoms with E-state index in [9.17, 15) is 4.39 Å². The van der Waals surface area contributed by atoms with Gasteiger partial charge in [-0.15, -0.1) is 10.2 Å². The maximum Gasteiger partial charge on any atom is 1.00 e. The smallest absolute Gasteiger partial charge is 1.00 e. The average Bonchev–Trinajstić information content (AvgIpc) is 3.96. The van der Waals surface area contributed by atoms with Crippen LogP contribution in [0.3, 0.4) is 0 Å². The van der Waals surface area contributed by atoms with E-state index in [0.717, 1.165) is 78.0 Å². The zero-order valence-electron chi connectivity index (χ0n) is 40.2. The molecule has 10 rings (SSSR count). The van der Waals surface area contributed by atoms with Crippen molar-refractivity contribution in [1.29, 1.82) is 0 Å². The van der Waals surface area contributed by atoms with Crippen molar-refractivity contribution in [3.63, 3.8) is 0 Å². The molecule has 2 aliphatic heterocycles. The fourth-order valence-corrected chi connectivity index (χ4v) is 7.49. The van der Waals surface area contributed by atoms with Crippen LogP contribution in [0.15, 0.2) is 60.7 Å². The number of nitrogens with zero attached hydrogens (tertiary/aromatic N) is 15. The number of carbonyl (C=O) groups is 1. The molecule has 65 heavy (non-hydrogen) atoms. The Hall–Kier alpha value is -2.67. The number of hydrogen-bond acceptors (Lipinski definition) is 15. The van der Waals surface area contributed by atoms with E-state index >= 15 is 0 Å². The standard InChI is InChI=1S/C20H22N8.C11H13N3.C9H10ClN5.CH3F.CH2O3.2Cs.H/c1-12-22-18(9-19(23-12)28-14(3)21-13(2)25-28)27-10-15(11-27)20-24-16-7-5-6-8-17(16)26(20)4;1-14-10-5-3-2-4-9(10)13-11(14)8-6-12-7-8;1-5-12-8(10)4-9(13-5)15-7(3)11-6(2)14-15;1-2;2-1-4-3;;;/h5-9,15H,10-11H2,1-4H3;2-5,8,12H,6-7H2,1H3;4H,1-3H3;1H3;1,3H;;;/q;;;;;2*+1;-1/p-1/i;;;1D;;;;. The van der Waals surface area contributed by atoms with Crippen molar-refractivity contribution in [2.75, 3.05) is 38.2 Å². The van der Waals surface area contributed by atoms with Crippen molar-refractivity contribution < 1.29 is 160 Å². The van der Waals surface area contributed by atoms with Crippen LogP contribution in [0.1, 0.15) is 61.2 Å². The van der Waals surface area contributed by atoms with Crippen LogP contribution in [0.25, 0.3) is 33.7 Å². The number of hydrogen-bond donors (Lipinski definition) is 1. The van der Waals surface area contributed by atoms with Gasteiger partial charge in [0.2, 0.25) is 0 Å². The predicted octanol–water partition coefficient (Wildman–Crippen LogP) is -1.49. The zero-order valence-corrected chi connectivity index (χ0v) is 51.5. The first-order valence-electron chi connectivity index (χ1n) is 20.5. The Morgan fingerprint density at radius 1 is 0.708 bits per heavy atom. The van der Waals surface area contributed by atoms with E-state index in [-0.39, 0.29) is 146 Å². The maximum absolute atomic E-state index is 9.96. The largest absolute Gasteiger partial charge is 1.00 e. The monoisotopic (exact) mass is 1150 g/mol. The molecule has 0 atom stereocenters. The molecule has 2 fully saturated rings. The van der Waals surface area contributed by atoms with Gasteiger partial charge in [0.1, 0.15) is 57.6 Å². The second-order valence-electron chi connectivity index (χ2n) is 14.6. The average molecular weight is 1150 g/mol. The number of anilines is 1. The van der Waals surface area contributed by atoms with Crippen LogP contribution in [-0.4, -0.2) is 108 Å². The van der Waals surface area contributed by atoms with Crippen LogP contribution >= 0.6 is 11.6 Å². The fourth-order valence-electron chi connectivity index (χ4n) is 7.27. The zero-order chi connectivity index (χ0) is 46.1. The van der Waals surface area contributed by atoms with Gasteiger partial charge in [0.15, 0.2) is 11.6 Å². The molecule has 0 unspecified atom stereocenters. The number of fused-ring (bicyclic) bond motifs is 2. The minimum atomic E-state index is -1.00. The van der Waals surface area contributed by atoms with Gasteiger partial charge in [-0.1, -0.05) is 35.9 Å². The SMILES string of the molecule is Cc1nc(Cl)cc(-n2nc(C)nc2C)n1.Cc1nc(N2CC(c3nc4ccccc4n3C)C2)cc(-n2nc(C)nc2C)n1.Cn1c(C2CNC2)nc2ccccc21.O=CO[O-].[2H]CF.[Cs+].[Cs+].[H-]. The van der Waals surface area contributed by atoms with E-state index < -0.39 is 7.15 Å². The molecule has 19 nitrogen and oxygen atoms in total. The van der Waals surface area contributed by atoms with E-state index in [1.165, 1.54) is 16.9 Å². The number of aromatic nitrogens is 14. The van der Waals surface area contributed by atoms with Crippen molar-refractivity contribution in [2.45, 2.75) is 53.4 Å². The Bertz CT molecular complexity index is 2830. The molecule has 0 aliphatic carbocycles. The molecule has 1 N–H and O–H groups in total. The number of benzene rings is 2. The third kappa shape index (κ3) is 13.5. The van der Waals surface area contributed by atoms with E-state index in [4.69, 9.17) is 28.0 Å². The molecule has 0 bridgehead atoms. The number of aryl methyl sites for hydroxylation is 8. The number of imidazole rings is 2. The molecule has 0 radical (unpaired) electrons. The molecular weight excluding hydrogens is 1100 g/mol. The molecule has 332 valence electrons. The third-order valence-corrected chi connectivity index (χ3v) is 10.4. The summed E-state index contributed by atoms with van der Waals surface area (Å²) in [5, 5.41) is 20.8. The fraction of sp³-hybridized carbons (Fsp3) is 0.357. The van der Waals surface area contributed by atoms with Gasteiger partial charge in [-0.2, -0.15) is 9.36 Å². The topological polar surface area (TPSA) is 213 Å². The molecule has 0 spiro atoms. The Kier molecular flexibility index (Phi) is 21.0. The van der Waals surface area contributed by atoms with E-state index in [0.29, 0.717) is 34.5 Å². The van der Waals surface area contributed by atoms with Crippen LogP contribution in [0.2, 0.25) is 5.15 Å². The van der Waals surface area contributed by atoms with Crippen molar-refractivity contribution in [3.05, 3.63) is 112 Å². The molecule has 0 saturated carbocycles. The second kappa shape index (κ2) is 25.6. The van der Waals surface area contributed by atoms with Gasteiger partial charge >= 0.3 is 138 Å². The summed E-state index contributed by atoms with van der Waals surface area (Å²) in [5.74, 6) is 10.1. The summed E-state index contributed by atoms with van der Waals surface area (Å²) in [4.78, 5) is 49.0. The summed E-state index contributed by atoms with van der Waals surface area (Å²) in [7, 11) is 3.19. The first-order valence-corrected chi connectivity index (χ1v) is 20.2. The minimum absolute atomic E-state index is 0. The van der Waals surface area contributed by atoms with Gasteiger partial charge in [-0.05, 0) is 65.8 Å². The first kappa shape index (κ1) is 53.3. The summed E-state index contributed by atoms with van der Waals surface area (Å²) in [6, 6.07) is 20.2. The molecule has 2 aromatic carbocycles. The van der Waals surface area contributed by atoms with Crippen molar-refractivity contribution in [1.82, 2.24) is 73.9 Å². The summed E-state index contributed by atoms with van der Waals surface area (Å²) >= 11 is 5.85. The summed E-state index contributed by atoms with van der Waals surface area (Å²) in [6.07, 6.45) is 0. The minimum Gasteiger partial charge on any atom is -1.00 e. The van der Waals surface area contributed by atoms with Crippen LogP contribution in [0.5, 0.6) is 0 Å². The van der Waals surface area contributed by atoms with Crippen LogP contribution in [0, 0.1) is 41.5 Å². The van der Waals surface area contributed by atoms with Crippen molar-refractivity contribution in [2.24, 2.45) is 14.1 Å². The van der Waals surface area contributed by atoms with Gasteiger partial charge in [-0.25, -0.2) is 39.9 Å². The number of alkyl halides is 1. The van der Waals surface area contributed by atoms with Crippen LogP contribution in [-0.2, 0) is 23.8 Å². The molecule has 2 aliphatic rings. The number of halogens is 2. The summed E-state index contributed by atoms with van der Waals surface area (Å²) < 4.78 is 23.3. The molecule has 6 aromatic heterocycles. The number of rotatable bonds is 6. The van der Waals surface area contributed by atoms with E-state index in [2.05, 4.69) is 120 Å². The summed E-state index contributed by atoms with van der Waals surface area (Å²) in [5.41, 5.74) is 4.56. The molecule has 0 amide bonds. The number of para-hydroxylation sites is 4. The second-order valence-corrected chi connectivity index (χ2v) is 15.0. The maximum atomic E-state index is 9.96. The molecule has 2 saturated heterocycles. The van der Waals surface area contributed by atoms with Gasteiger partial charge in [0, 0.05) is 58.3 Å². The van der Waals surface area contributed by atoms with Gasteiger partial charge in [-0.3, -0.25) is 9.18 Å². The van der Waals surface area contributed by atoms with Crippen molar-refractivity contribution >= 4 is 46.0 Å². The van der Waals surface area contributed by atoms with Crippen molar-refractivity contribution in [3.8, 4) is 11.6 Å². The molecule has 8 aromatic rings. The Balaban J connectivity index is 0.000000260. The number of carbonyl (C=O) groups excluding carboxylic acids is 1. The Labute approximate surface area is 501 Å². The van der Waals surface area contributed by atoms with Gasteiger partial charge in [0.05, 0.1) is 36.5 Å². The summed E-state index contributed by atoms with van der Waals surface area (Å²) in [6.45, 7) is 14.9. The molecule has 8 heterocycles. The first-order chi connectivity index (χ1) is 30.7. The van der Waals surface area contributed by atoms with E-state index in [1.54, 1.807) is 22.4 Å².